The van der Waals surface area contributed by atoms with Gasteiger partial charge in [-0.25, -0.2) is 9.41 Å². The normalized spacial score (nSPS) is 10.8. The minimum absolute atomic E-state index is 0.627. The van der Waals surface area contributed by atoms with Gasteiger partial charge >= 0.3 is 0 Å². The number of fused-ring (bicyclic) bond motifs is 1. The van der Waals surface area contributed by atoms with E-state index in [0.717, 1.165) is 28.3 Å². The highest BCUT2D eigenvalue weighted by Gasteiger charge is 2.19. The molecule has 0 radical (unpaired) electrons. The number of aromatic nitrogens is 3. The Morgan fingerprint density at radius 2 is 1.92 bits per heavy atom. The molecule has 2 heterocycles. The number of hydrogen-bond acceptors (Lipinski definition) is 1. The highest BCUT2D eigenvalue weighted by Crippen LogP contribution is 2.36. The van der Waals surface area contributed by atoms with E-state index in [2.05, 4.69) is 58.8 Å². The molecule has 2 aromatic carbocycles. The van der Waals surface area contributed by atoms with E-state index < -0.39 is 0 Å². The van der Waals surface area contributed by atoms with E-state index in [1.807, 2.05) is 35.9 Å². The molecule has 0 aliphatic rings. The van der Waals surface area contributed by atoms with Gasteiger partial charge in [-0.1, -0.05) is 29.2 Å². The van der Waals surface area contributed by atoms with E-state index in [4.69, 9.17) is 6.57 Å². The highest BCUT2D eigenvalue weighted by atomic mass is 15.0. The van der Waals surface area contributed by atoms with Crippen LogP contribution in [-0.4, -0.2) is 9.55 Å². The van der Waals surface area contributed by atoms with Crippen LogP contribution in [0.15, 0.2) is 61.1 Å². The Morgan fingerprint density at radius 1 is 1.12 bits per heavy atom. The third kappa shape index (κ3) is 2.46. The van der Waals surface area contributed by atoms with Crippen LogP contribution in [0.5, 0.6) is 0 Å². The largest absolute Gasteiger partial charge is 0.349 e. The van der Waals surface area contributed by atoms with Gasteiger partial charge in [0.2, 0.25) is 0 Å². The van der Waals surface area contributed by atoms with Crippen molar-refractivity contribution in [2.45, 2.75) is 13.8 Å². The summed E-state index contributed by atoms with van der Waals surface area (Å²) in [5.74, 6) is 0.889. The van der Waals surface area contributed by atoms with Gasteiger partial charge in [-0.05, 0) is 30.0 Å². The third-order valence-electron chi connectivity index (χ3n) is 4.84. The fourth-order valence-electron chi connectivity index (χ4n) is 3.57. The Balaban J connectivity index is 2.07. The molecule has 26 heavy (non-hydrogen) atoms. The van der Waals surface area contributed by atoms with Crippen molar-refractivity contribution >= 4 is 16.5 Å². The van der Waals surface area contributed by atoms with Gasteiger partial charge in [0.05, 0.1) is 12.3 Å². The molecule has 4 rings (SSSR count). The molecule has 0 amide bonds. The summed E-state index contributed by atoms with van der Waals surface area (Å²) in [7, 11) is 2.06. The molecule has 4 heteroatoms. The van der Waals surface area contributed by atoms with Gasteiger partial charge < -0.3 is 4.57 Å². The van der Waals surface area contributed by atoms with Crippen molar-refractivity contribution in [3.8, 4) is 16.9 Å². The maximum atomic E-state index is 7.56. The molecule has 0 N–H and O–H groups in total. The summed E-state index contributed by atoms with van der Waals surface area (Å²) < 4.78 is 4.18. The van der Waals surface area contributed by atoms with Crippen molar-refractivity contribution in [2.75, 3.05) is 0 Å². The van der Waals surface area contributed by atoms with Gasteiger partial charge in [0, 0.05) is 37.2 Å². The number of aryl methyl sites for hydroxylation is 2. The van der Waals surface area contributed by atoms with Crippen molar-refractivity contribution in [1.29, 1.82) is 0 Å². The molecule has 4 aromatic rings. The molecule has 0 bridgehead atoms. The van der Waals surface area contributed by atoms with Gasteiger partial charge in [-0.15, -0.1) is 0 Å². The Morgan fingerprint density at radius 3 is 2.69 bits per heavy atom. The smallest absolute Gasteiger partial charge is 0.300 e. The SMILES string of the molecule is [C-]#[N+]c1cc(-c2c3ccccc3cn2C)c(C)c(-[n+]2cccnc2C)c1. The summed E-state index contributed by atoms with van der Waals surface area (Å²) in [4.78, 5) is 8.11. The zero-order chi connectivity index (χ0) is 18.3. The predicted molar refractivity (Wildman–Crippen MR) is 103 cm³/mol. The summed E-state index contributed by atoms with van der Waals surface area (Å²) in [6.45, 7) is 11.6. The minimum Gasteiger partial charge on any atom is -0.349 e. The first-order valence-electron chi connectivity index (χ1n) is 8.50. The second-order valence-corrected chi connectivity index (χ2v) is 6.46. The second kappa shape index (κ2) is 6.12. The summed E-state index contributed by atoms with van der Waals surface area (Å²) in [6.07, 6.45) is 5.91. The number of hydrogen-bond donors (Lipinski definition) is 0. The molecule has 0 spiro atoms. The third-order valence-corrected chi connectivity index (χ3v) is 4.84. The molecule has 0 unspecified atom stereocenters. The van der Waals surface area contributed by atoms with E-state index in [1.54, 1.807) is 6.20 Å². The van der Waals surface area contributed by atoms with Crippen LogP contribution in [0, 0.1) is 20.4 Å². The lowest BCUT2D eigenvalue weighted by atomic mass is 9.99. The van der Waals surface area contributed by atoms with E-state index in [9.17, 15) is 0 Å². The molecule has 0 atom stereocenters. The van der Waals surface area contributed by atoms with Crippen LogP contribution < -0.4 is 4.57 Å². The van der Waals surface area contributed by atoms with E-state index in [-0.39, 0.29) is 0 Å². The molecule has 0 aliphatic heterocycles. The van der Waals surface area contributed by atoms with Gasteiger partial charge in [0.15, 0.2) is 5.69 Å². The monoisotopic (exact) mass is 339 g/mol. The molecule has 0 saturated carbocycles. The Kier molecular flexibility index (Phi) is 3.78. The summed E-state index contributed by atoms with van der Waals surface area (Å²) >= 11 is 0. The molecule has 126 valence electrons. The molecule has 2 aromatic heterocycles. The van der Waals surface area contributed by atoms with Crippen molar-refractivity contribution in [3.05, 3.63) is 83.9 Å². The van der Waals surface area contributed by atoms with Crippen molar-refractivity contribution in [3.63, 3.8) is 0 Å². The molecular formula is C22H19N4+. The molecule has 0 saturated heterocycles. The number of rotatable bonds is 2. The molecule has 0 aliphatic carbocycles. The van der Waals surface area contributed by atoms with Crippen LogP contribution in [0.25, 0.3) is 32.6 Å². The first-order chi connectivity index (χ1) is 12.6. The summed E-state index contributed by atoms with van der Waals surface area (Å²) in [5, 5.41) is 2.39. The van der Waals surface area contributed by atoms with Gasteiger partial charge in [-0.2, -0.15) is 0 Å². The zero-order valence-corrected chi connectivity index (χ0v) is 15.1. The molecular weight excluding hydrogens is 320 g/mol. The zero-order valence-electron chi connectivity index (χ0n) is 15.1. The van der Waals surface area contributed by atoms with Crippen LogP contribution >= 0.6 is 0 Å². The van der Waals surface area contributed by atoms with Gasteiger partial charge in [-0.3, -0.25) is 0 Å². The summed E-state index contributed by atoms with van der Waals surface area (Å²) in [6, 6.07) is 14.2. The maximum absolute atomic E-state index is 7.56. The van der Waals surface area contributed by atoms with E-state index in [0.29, 0.717) is 5.69 Å². The fourth-order valence-corrected chi connectivity index (χ4v) is 3.57. The standard InChI is InChI=1S/C22H19N4/c1-15-20(22-19-9-6-5-8-17(19)14-25(22)4)12-18(23-3)13-21(15)26-11-7-10-24-16(26)2/h5-14H,1-2,4H3/q+1. The molecule has 0 fully saturated rings. The lowest BCUT2D eigenvalue weighted by Crippen LogP contribution is -2.35. The van der Waals surface area contributed by atoms with Gasteiger partial charge in [0.1, 0.15) is 18.1 Å². The fraction of sp³-hybridized carbons (Fsp3) is 0.136. The Labute approximate surface area is 152 Å². The average Bonchev–Trinajstić information content (AvgIpc) is 2.98. The number of nitrogens with zero attached hydrogens (tertiary/aromatic N) is 4. The quantitative estimate of drug-likeness (QED) is 0.384. The lowest BCUT2D eigenvalue weighted by Gasteiger charge is -2.13. The van der Waals surface area contributed by atoms with Crippen molar-refractivity contribution in [2.24, 2.45) is 7.05 Å². The van der Waals surface area contributed by atoms with E-state index in [1.165, 1.54) is 10.8 Å². The second-order valence-electron chi connectivity index (χ2n) is 6.46. The highest BCUT2D eigenvalue weighted by molar-refractivity contribution is 5.97. The Hall–Kier alpha value is -3.45. The minimum atomic E-state index is 0.627. The van der Waals surface area contributed by atoms with Crippen LogP contribution in [0.3, 0.4) is 0 Å². The topological polar surface area (TPSA) is 26.1 Å². The summed E-state index contributed by atoms with van der Waals surface area (Å²) in [5.41, 5.74) is 4.96. The van der Waals surface area contributed by atoms with Crippen molar-refractivity contribution in [1.82, 2.24) is 9.55 Å². The van der Waals surface area contributed by atoms with Crippen LogP contribution in [0.1, 0.15) is 11.4 Å². The predicted octanol–water partition coefficient (Wildman–Crippen LogP) is 4.68. The first kappa shape index (κ1) is 16.0. The Bertz CT molecular complexity index is 1180. The van der Waals surface area contributed by atoms with Gasteiger partial charge in [0.25, 0.3) is 5.82 Å². The van der Waals surface area contributed by atoms with E-state index >= 15 is 0 Å². The van der Waals surface area contributed by atoms with Crippen LogP contribution in [-0.2, 0) is 7.05 Å². The lowest BCUT2D eigenvalue weighted by molar-refractivity contribution is -0.606. The van der Waals surface area contributed by atoms with Crippen LogP contribution in [0.2, 0.25) is 0 Å². The first-order valence-corrected chi connectivity index (χ1v) is 8.50. The molecule has 4 nitrogen and oxygen atoms in total. The number of benzene rings is 2. The van der Waals surface area contributed by atoms with Crippen LogP contribution in [0.4, 0.5) is 5.69 Å². The maximum Gasteiger partial charge on any atom is 0.300 e. The average molecular weight is 339 g/mol. The van der Waals surface area contributed by atoms with Crippen molar-refractivity contribution < 1.29 is 4.57 Å².